The Kier molecular flexibility index (Phi) is 1.87. The van der Waals surface area contributed by atoms with E-state index in [-0.39, 0.29) is 4.91 Å². The number of hydrogen-bond donors (Lipinski definition) is 1. The molecule has 0 aliphatic carbocycles. The molecule has 0 aromatic rings. The van der Waals surface area contributed by atoms with Gasteiger partial charge in [-0.3, -0.25) is 9.35 Å². The summed E-state index contributed by atoms with van der Waals surface area (Å²) in [4.78, 5) is 13.6. The van der Waals surface area contributed by atoms with Gasteiger partial charge in [0.1, 0.15) is 0 Å². The maximum absolute atomic E-state index is 10.5. The molecule has 1 amide bonds. The molecule has 0 aromatic carbocycles. The van der Waals surface area contributed by atoms with Gasteiger partial charge in [-0.2, -0.15) is 13.4 Å². The summed E-state index contributed by atoms with van der Waals surface area (Å²) in [6, 6.07) is 0. The Morgan fingerprint density at radius 2 is 2.09 bits per heavy atom. The second kappa shape index (κ2) is 2.43. The number of nitrogens with zero attached hydrogens (tertiary/aromatic N) is 1. The van der Waals surface area contributed by atoms with Gasteiger partial charge in [0.15, 0.2) is 0 Å². The molecule has 0 saturated carbocycles. The van der Waals surface area contributed by atoms with Crippen molar-refractivity contribution >= 4 is 32.2 Å². The lowest BCUT2D eigenvalue weighted by molar-refractivity contribution is -0.113. The van der Waals surface area contributed by atoms with Crippen molar-refractivity contribution in [2.24, 2.45) is 4.99 Å². The van der Waals surface area contributed by atoms with E-state index >= 15 is 0 Å². The zero-order valence-electron chi connectivity index (χ0n) is 5.14. The molecule has 0 aromatic heterocycles. The van der Waals surface area contributed by atoms with E-state index in [1.54, 1.807) is 0 Å². The van der Waals surface area contributed by atoms with Crippen LogP contribution in [0.15, 0.2) is 16.5 Å². The number of thioether (sulfide) groups is 1. The first kappa shape index (κ1) is 8.44. The van der Waals surface area contributed by atoms with Crippen LogP contribution in [0, 0.1) is 0 Å². The zero-order valence-corrected chi connectivity index (χ0v) is 6.78. The largest absolute Gasteiger partial charge is 0.318 e. The van der Waals surface area contributed by atoms with Gasteiger partial charge in [0.2, 0.25) is 4.38 Å². The third-order valence-corrected chi connectivity index (χ3v) is 2.96. The summed E-state index contributed by atoms with van der Waals surface area (Å²) in [5, 5.41) is 0. The van der Waals surface area contributed by atoms with Crippen molar-refractivity contribution in [1.82, 2.24) is 0 Å². The van der Waals surface area contributed by atoms with E-state index in [0.29, 0.717) is 11.8 Å². The molecule has 1 heterocycles. The number of carbonyl (C=O) groups excluding carboxylic acids is 1. The van der Waals surface area contributed by atoms with Gasteiger partial charge in [-0.1, -0.05) is 18.3 Å². The summed E-state index contributed by atoms with van der Waals surface area (Å²) in [7, 11) is -4.34. The van der Waals surface area contributed by atoms with E-state index < -0.39 is 20.4 Å². The minimum atomic E-state index is -4.34. The molecule has 11 heavy (non-hydrogen) atoms. The van der Waals surface area contributed by atoms with Crippen molar-refractivity contribution in [3.63, 3.8) is 0 Å². The van der Waals surface area contributed by atoms with E-state index in [9.17, 15) is 13.2 Å². The van der Waals surface area contributed by atoms with Gasteiger partial charge in [0.05, 0.1) is 4.91 Å². The van der Waals surface area contributed by atoms with Crippen molar-refractivity contribution in [2.75, 3.05) is 0 Å². The number of aliphatic imine (C=N–C) groups is 1. The maximum Gasteiger partial charge on any atom is 0.318 e. The minimum absolute atomic E-state index is 0.00220. The van der Waals surface area contributed by atoms with Crippen LogP contribution in [-0.4, -0.2) is 23.3 Å². The van der Waals surface area contributed by atoms with Gasteiger partial charge in [0, 0.05) is 0 Å². The molecular formula is C4H3NO4S2. The molecule has 0 unspecified atom stereocenters. The topological polar surface area (TPSA) is 83.8 Å². The van der Waals surface area contributed by atoms with Crippen molar-refractivity contribution < 1.29 is 17.8 Å². The van der Waals surface area contributed by atoms with Gasteiger partial charge in [-0.15, -0.1) is 0 Å². The lowest BCUT2D eigenvalue weighted by atomic mass is 10.6. The SMILES string of the molecule is C=C1SC(S(=O)(=O)O)=NC1=O. The molecule has 0 saturated heterocycles. The number of hydrogen-bond acceptors (Lipinski definition) is 4. The molecule has 1 aliphatic heterocycles. The molecule has 5 nitrogen and oxygen atoms in total. The van der Waals surface area contributed by atoms with E-state index in [2.05, 4.69) is 11.6 Å². The standard InChI is InChI=1S/C4H3NO4S2/c1-2-3(6)5-4(10-2)11(7,8)9/h1H2,(H,7,8,9). The van der Waals surface area contributed by atoms with Crippen molar-refractivity contribution in [3.05, 3.63) is 11.5 Å². The van der Waals surface area contributed by atoms with Crippen LogP contribution in [-0.2, 0) is 14.9 Å². The van der Waals surface area contributed by atoms with Crippen LogP contribution in [0.3, 0.4) is 0 Å². The molecule has 1 aliphatic rings. The van der Waals surface area contributed by atoms with Gasteiger partial charge in [0.25, 0.3) is 5.91 Å². The average molecular weight is 193 g/mol. The van der Waals surface area contributed by atoms with Gasteiger partial charge in [-0.25, -0.2) is 0 Å². The Balaban J connectivity index is 3.07. The fourth-order valence-electron chi connectivity index (χ4n) is 0.427. The number of amides is 1. The summed E-state index contributed by atoms with van der Waals surface area (Å²) in [5.74, 6) is -0.720. The Bertz CT molecular complexity index is 352. The maximum atomic E-state index is 10.5. The summed E-state index contributed by atoms with van der Waals surface area (Å²) in [5.41, 5.74) is 0. The number of rotatable bonds is 0. The van der Waals surface area contributed by atoms with Gasteiger partial charge >= 0.3 is 10.1 Å². The fourth-order valence-corrected chi connectivity index (χ4v) is 1.82. The summed E-state index contributed by atoms with van der Waals surface area (Å²) < 4.78 is 28.4. The van der Waals surface area contributed by atoms with Crippen LogP contribution in [0.5, 0.6) is 0 Å². The highest BCUT2D eigenvalue weighted by atomic mass is 32.3. The summed E-state index contributed by atoms with van der Waals surface area (Å²) in [6.07, 6.45) is 0. The third kappa shape index (κ3) is 1.67. The molecule has 7 heteroatoms. The molecule has 1 rings (SSSR count). The van der Waals surface area contributed by atoms with Crippen LogP contribution in [0.25, 0.3) is 0 Å². The molecule has 0 fully saturated rings. The van der Waals surface area contributed by atoms with Gasteiger partial charge < -0.3 is 0 Å². The zero-order chi connectivity index (χ0) is 8.65. The Hall–Kier alpha value is -0.660. The van der Waals surface area contributed by atoms with Crippen LogP contribution in [0.2, 0.25) is 0 Å². The normalized spacial score (nSPS) is 18.8. The first-order chi connectivity index (χ1) is 4.91. The molecule has 60 valence electrons. The molecular weight excluding hydrogens is 190 g/mol. The van der Waals surface area contributed by atoms with Crippen molar-refractivity contribution in [1.29, 1.82) is 0 Å². The quantitative estimate of drug-likeness (QED) is 0.433. The van der Waals surface area contributed by atoms with E-state index in [1.807, 2.05) is 0 Å². The highest BCUT2D eigenvalue weighted by Gasteiger charge is 2.28. The predicted molar refractivity (Wildman–Crippen MR) is 40.7 cm³/mol. The monoisotopic (exact) mass is 193 g/mol. The second-order valence-corrected chi connectivity index (χ2v) is 4.36. The fraction of sp³-hybridized carbons (Fsp3) is 0. The van der Waals surface area contributed by atoms with Crippen LogP contribution in [0.1, 0.15) is 0 Å². The Morgan fingerprint density at radius 3 is 2.27 bits per heavy atom. The second-order valence-electron chi connectivity index (χ2n) is 1.68. The smallest absolute Gasteiger partial charge is 0.280 e. The molecule has 0 spiro atoms. The molecule has 1 N–H and O–H groups in total. The minimum Gasteiger partial charge on any atom is -0.280 e. The highest BCUT2D eigenvalue weighted by Crippen LogP contribution is 2.26. The van der Waals surface area contributed by atoms with Crippen LogP contribution >= 0.6 is 11.8 Å². The first-order valence-corrected chi connectivity index (χ1v) is 4.64. The van der Waals surface area contributed by atoms with E-state index in [4.69, 9.17) is 4.55 Å². The van der Waals surface area contributed by atoms with Gasteiger partial charge in [-0.05, 0) is 0 Å². The lowest BCUT2D eigenvalue weighted by Crippen LogP contribution is -2.06. The molecule has 0 radical (unpaired) electrons. The average Bonchev–Trinajstić information content (AvgIpc) is 2.11. The lowest BCUT2D eigenvalue weighted by Gasteiger charge is -1.89. The highest BCUT2D eigenvalue weighted by molar-refractivity contribution is 8.36. The van der Waals surface area contributed by atoms with Crippen LogP contribution in [0.4, 0.5) is 0 Å². The van der Waals surface area contributed by atoms with E-state index in [1.165, 1.54) is 0 Å². The molecule has 0 atom stereocenters. The number of carbonyl (C=O) groups is 1. The van der Waals surface area contributed by atoms with Crippen LogP contribution < -0.4 is 0 Å². The van der Waals surface area contributed by atoms with Crippen molar-refractivity contribution in [3.8, 4) is 0 Å². The summed E-state index contributed by atoms with van der Waals surface area (Å²) in [6.45, 7) is 3.22. The van der Waals surface area contributed by atoms with Crippen molar-refractivity contribution in [2.45, 2.75) is 0 Å². The summed E-state index contributed by atoms with van der Waals surface area (Å²) >= 11 is 0.549. The first-order valence-electron chi connectivity index (χ1n) is 2.38. The Morgan fingerprint density at radius 1 is 1.55 bits per heavy atom. The Labute approximate surface area is 66.9 Å². The predicted octanol–water partition coefficient (Wildman–Crippen LogP) is 0.0173. The van der Waals surface area contributed by atoms with E-state index in [0.717, 1.165) is 0 Å². The molecule has 0 bridgehead atoms. The third-order valence-electron chi connectivity index (χ3n) is 0.863.